The van der Waals surface area contributed by atoms with Gasteiger partial charge in [-0.25, -0.2) is 4.98 Å². The highest BCUT2D eigenvalue weighted by atomic mass is 32.2. The molecule has 1 aromatic carbocycles. The number of aromatic amines is 1. The summed E-state index contributed by atoms with van der Waals surface area (Å²) < 4.78 is 5.25. The van der Waals surface area contributed by atoms with Crippen LogP contribution in [0.4, 0.5) is 5.69 Å². The average Bonchev–Trinajstić information content (AvgIpc) is 3.02. The Morgan fingerprint density at radius 3 is 2.83 bits per heavy atom. The highest BCUT2D eigenvalue weighted by Gasteiger charge is 2.20. The Morgan fingerprint density at radius 1 is 1.34 bits per heavy atom. The minimum Gasteiger partial charge on any atom is -0.495 e. The number of para-hydroxylation sites is 2. The molecule has 10 heteroatoms. The lowest BCUT2D eigenvalue weighted by Gasteiger charge is -2.09. The van der Waals surface area contributed by atoms with Crippen molar-refractivity contribution >= 4 is 50.9 Å². The summed E-state index contributed by atoms with van der Waals surface area (Å²) in [5.74, 6) is -0.144. The third-order valence-electron chi connectivity index (χ3n) is 4.11. The van der Waals surface area contributed by atoms with Crippen molar-refractivity contribution in [3.05, 3.63) is 45.1 Å². The maximum absolute atomic E-state index is 12.8. The number of carbonyl (C=O) groups is 2. The number of methoxy groups -OCH3 is 1. The van der Waals surface area contributed by atoms with E-state index in [-0.39, 0.29) is 17.9 Å². The minimum absolute atomic E-state index is 0.0604. The number of H-pyrrole nitrogens is 1. The number of rotatable bonds is 8. The first-order valence-corrected chi connectivity index (χ1v) is 10.5. The van der Waals surface area contributed by atoms with Crippen molar-refractivity contribution in [2.75, 3.05) is 18.2 Å². The van der Waals surface area contributed by atoms with E-state index >= 15 is 0 Å². The second-order valence-electron chi connectivity index (χ2n) is 6.11. The van der Waals surface area contributed by atoms with Crippen molar-refractivity contribution in [3.63, 3.8) is 0 Å². The van der Waals surface area contributed by atoms with Gasteiger partial charge in [0.15, 0.2) is 5.16 Å². The Bertz CT molecular complexity index is 1120. The van der Waals surface area contributed by atoms with Gasteiger partial charge in [0.05, 0.1) is 23.1 Å². The molecule has 0 bridgehead atoms. The molecule has 1 amide bonds. The van der Waals surface area contributed by atoms with Gasteiger partial charge in [0.2, 0.25) is 0 Å². The molecule has 0 unspecified atom stereocenters. The van der Waals surface area contributed by atoms with Gasteiger partial charge < -0.3 is 20.1 Å². The molecule has 0 atom stereocenters. The first kappa shape index (κ1) is 20.9. The molecule has 0 spiro atoms. The lowest BCUT2D eigenvalue weighted by molar-refractivity contribution is -0.137. The largest absolute Gasteiger partial charge is 0.495 e. The number of aryl methyl sites for hydroxylation is 1. The van der Waals surface area contributed by atoms with Crippen LogP contribution in [-0.2, 0) is 4.79 Å². The van der Waals surface area contributed by atoms with Crippen molar-refractivity contribution < 1.29 is 19.4 Å². The molecule has 2 heterocycles. The zero-order chi connectivity index (χ0) is 21.0. The van der Waals surface area contributed by atoms with E-state index in [1.54, 1.807) is 31.2 Å². The number of thioether (sulfide) groups is 1. The molecule has 0 saturated carbocycles. The number of carboxylic acids is 1. The fourth-order valence-electron chi connectivity index (χ4n) is 2.73. The van der Waals surface area contributed by atoms with Gasteiger partial charge in [-0.05, 0) is 31.0 Å². The van der Waals surface area contributed by atoms with E-state index < -0.39 is 5.97 Å². The molecule has 152 valence electrons. The van der Waals surface area contributed by atoms with Crippen LogP contribution in [0.15, 0.2) is 34.2 Å². The smallest absolute Gasteiger partial charge is 0.303 e. The van der Waals surface area contributed by atoms with Gasteiger partial charge in [0.25, 0.3) is 11.5 Å². The molecule has 0 radical (unpaired) electrons. The maximum Gasteiger partial charge on any atom is 0.303 e. The van der Waals surface area contributed by atoms with E-state index in [1.807, 2.05) is 0 Å². The van der Waals surface area contributed by atoms with Gasteiger partial charge in [0, 0.05) is 12.2 Å². The monoisotopic (exact) mass is 433 g/mol. The number of aromatic nitrogens is 2. The molecule has 2 aromatic heterocycles. The molecule has 8 nitrogen and oxygen atoms in total. The zero-order valence-corrected chi connectivity index (χ0v) is 17.4. The predicted molar refractivity (Wildman–Crippen MR) is 114 cm³/mol. The third kappa shape index (κ3) is 4.77. The van der Waals surface area contributed by atoms with Crippen molar-refractivity contribution in [2.24, 2.45) is 0 Å². The van der Waals surface area contributed by atoms with E-state index in [0.717, 1.165) is 11.3 Å². The first-order chi connectivity index (χ1) is 13.9. The van der Waals surface area contributed by atoms with E-state index in [4.69, 9.17) is 9.84 Å². The molecule has 0 fully saturated rings. The Morgan fingerprint density at radius 2 is 2.10 bits per heavy atom. The molecule has 0 aliphatic carbocycles. The number of nitrogens with zero attached hydrogens (tertiary/aromatic N) is 1. The number of amides is 1. The van der Waals surface area contributed by atoms with E-state index in [9.17, 15) is 14.4 Å². The van der Waals surface area contributed by atoms with Crippen LogP contribution in [0.3, 0.4) is 0 Å². The molecule has 0 aliphatic rings. The topological polar surface area (TPSA) is 121 Å². The third-order valence-corrected chi connectivity index (χ3v) is 6.26. The van der Waals surface area contributed by atoms with Gasteiger partial charge >= 0.3 is 5.97 Å². The van der Waals surface area contributed by atoms with Gasteiger partial charge in [0.1, 0.15) is 10.6 Å². The summed E-state index contributed by atoms with van der Waals surface area (Å²) in [5.41, 5.74) is 0.780. The molecule has 3 N–H and O–H groups in total. The fourth-order valence-corrected chi connectivity index (χ4v) is 4.67. The molecule has 0 saturated heterocycles. The Balaban J connectivity index is 1.85. The number of aliphatic carboxylic acids is 1. The van der Waals surface area contributed by atoms with E-state index in [2.05, 4.69) is 15.3 Å². The van der Waals surface area contributed by atoms with Crippen LogP contribution in [0.25, 0.3) is 10.2 Å². The number of benzene rings is 1. The van der Waals surface area contributed by atoms with E-state index in [1.165, 1.54) is 18.9 Å². The lowest BCUT2D eigenvalue weighted by atomic mass is 10.2. The summed E-state index contributed by atoms with van der Waals surface area (Å²) in [6.07, 6.45) is 0.530. The van der Waals surface area contributed by atoms with Crippen LogP contribution in [0.1, 0.15) is 28.1 Å². The Kier molecular flexibility index (Phi) is 6.55. The normalized spacial score (nSPS) is 10.8. The van der Waals surface area contributed by atoms with Gasteiger partial charge in [-0.1, -0.05) is 23.9 Å². The lowest BCUT2D eigenvalue weighted by Crippen LogP contribution is -2.13. The van der Waals surface area contributed by atoms with Crippen LogP contribution in [0.5, 0.6) is 5.75 Å². The van der Waals surface area contributed by atoms with Gasteiger partial charge in [-0.2, -0.15) is 0 Å². The molecule has 0 aliphatic heterocycles. The van der Waals surface area contributed by atoms with Crippen molar-refractivity contribution in [3.8, 4) is 5.75 Å². The van der Waals surface area contributed by atoms with Crippen molar-refractivity contribution in [1.29, 1.82) is 0 Å². The summed E-state index contributed by atoms with van der Waals surface area (Å²) in [5, 5.41) is 12.3. The van der Waals surface area contributed by atoms with Crippen LogP contribution in [0, 0.1) is 6.92 Å². The zero-order valence-electron chi connectivity index (χ0n) is 15.8. The molecule has 29 heavy (non-hydrogen) atoms. The van der Waals surface area contributed by atoms with E-state index in [0.29, 0.717) is 49.4 Å². The fraction of sp³-hybridized carbons (Fsp3) is 0.263. The van der Waals surface area contributed by atoms with Crippen molar-refractivity contribution in [1.82, 2.24) is 9.97 Å². The SMILES string of the molecule is COc1ccccc1NC(=O)c1sc2nc(SCCCC(=O)O)[nH]c(=O)c2c1C. The first-order valence-electron chi connectivity index (χ1n) is 8.73. The standard InChI is InChI=1S/C19H19N3O5S2/c1-10-14-16(25)21-19(28-9-5-8-13(23)24)22-18(14)29-15(10)17(26)20-11-6-3-4-7-12(11)27-2/h3-4,6-7H,5,8-9H2,1-2H3,(H,20,26)(H,23,24)(H,21,22,25). The maximum atomic E-state index is 12.8. The quantitative estimate of drug-likeness (QED) is 0.282. The van der Waals surface area contributed by atoms with Crippen LogP contribution < -0.4 is 15.6 Å². The number of anilines is 1. The summed E-state index contributed by atoms with van der Waals surface area (Å²) in [7, 11) is 1.52. The number of hydrogen-bond acceptors (Lipinski definition) is 7. The number of ether oxygens (including phenoxy) is 1. The van der Waals surface area contributed by atoms with Gasteiger partial charge in [-0.3, -0.25) is 14.4 Å². The van der Waals surface area contributed by atoms with Crippen molar-refractivity contribution in [2.45, 2.75) is 24.9 Å². The number of thiophene rings is 1. The summed E-state index contributed by atoms with van der Waals surface area (Å²) >= 11 is 2.43. The Hall–Kier alpha value is -2.85. The summed E-state index contributed by atoms with van der Waals surface area (Å²) in [6, 6.07) is 7.07. The number of carboxylic acid groups (broad SMARTS) is 1. The van der Waals surface area contributed by atoms with Crippen LogP contribution in [-0.4, -0.2) is 39.8 Å². The Labute approximate surface area is 174 Å². The summed E-state index contributed by atoms with van der Waals surface area (Å²) in [4.78, 5) is 43.9. The number of fused-ring (bicyclic) bond motifs is 1. The molecular formula is C19H19N3O5S2. The molecule has 3 rings (SSSR count). The highest BCUT2D eigenvalue weighted by Crippen LogP contribution is 2.30. The van der Waals surface area contributed by atoms with Gasteiger partial charge in [-0.15, -0.1) is 11.3 Å². The number of carbonyl (C=O) groups excluding carboxylic acids is 1. The minimum atomic E-state index is -0.859. The second-order valence-corrected chi connectivity index (χ2v) is 8.19. The molecule has 3 aromatic rings. The van der Waals surface area contributed by atoms with Crippen LogP contribution >= 0.6 is 23.1 Å². The highest BCUT2D eigenvalue weighted by molar-refractivity contribution is 7.99. The number of hydrogen-bond donors (Lipinski definition) is 3. The summed E-state index contributed by atoms with van der Waals surface area (Å²) in [6.45, 7) is 1.71. The predicted octanol–water partition coefficient (Wildman–Crippen LogP) is 3.51. The average molecular weight is 434 g/mol. The van der Waals surface area contributed by atoms with Crippen LogP contribution in [0.2, 0.25) is 0 Å². The second kappa shape index (κ2) is 9.10. The molecular weight excluding hydrogens is 414 g/mol. The number of nitrogens with one attached hydrogen (secondary N) is 2.